The number of likely N-dealkylation sites (tertiary alicyclic amines) is 1. The summed E-state index contributed by atoms with van der Waals surface area (Å²) in [5.74, 6) is 0.358. The van der Waals surface area contributed by atoms with E-state index in [1.54, 1.807) is 0 Å². The van der Waals surface area contributed by atoms with E-state index in [1.165, 1.54) is 0 Å². The quantitative estimate of drug-likeness (QED) is 0.582. The van der Waals surface area contributed by atoms with Crippen LogP contribution in [0.2, 0.25) is 0 Å². The molecular weight excluding hydrogens is 150 g/mol. The van der Waals surface area contributed by atoms with Crippen LogP contribution in [0, 0.1) is 0 Å². The second-order valence-electron chi connectivity index (χ2n) is 4.02. The van der Waals surface area contributed by atoms with Gasteiger partial charge in [0.2, 0.25) is 0 Å². The third-order valence-electron chi connectivity index (χ3n) is 2.59. The molecule has 0 saturated carbocycles. The molecule has 2 heteroatoms. The highest BCUT2D eigenvalue weighted by atomic mass is 16.1. The Morgan fingerprint density at radius 1 is 1.67 bits per heavy atom. The summed E-state index contributed by atoms with van der Waals surface area (Å²) in [6.07, 6.45) is 3.57. The monoisotopic (exact) mass is 167 g/mol. The zero-order chi connectivity index (χ0) is 9.19. The van der Waals surface area contributed by atoms with Crippen molar-refractivity contribution < 1.29 is 4.79 Å². The molecule has 0 unspecified atom stereocenters. The number of ketones is 1. The van der Waals surface area contributed by atoms with Crippen molar-refractivity contribution in [1.82, 2.24) is 4.90 Å². The first-order valence-electron chi connectivity index (χ1n) is 4.44. The van der Waals surface area contributed by atoms with Gasteiger partial charge in [-0.05, 0) is 20.3 Å². The molecule has 0 atom stereocenters. The smallest absolute Gasteiger partial charge is 0.146 e. The first kappa shape index (κ1) is 9.46. The third-order valence-corrected chi connectivity index (χ3v) is 2.59. The first-order valence-corrected chi connectivity index (χ1v) is 4.44. The minimum atomic E-state index is 0.169. The highest BCUT2D eigenvalue weighted by Gasteiger charge is 2.31. The number of carbonyl (C=O) groups is 1. The topological polar surface area (TPSA) is 20.3 Å². The van der Waals surface area contributed by atoms with E-state index in [9.17, 15) is 4.79 Å². The van der Waals surface area contributed by atoms with Crippen LogP contribution in [0.5, 0.6) is 0 Å². The van der Waals surface area contributed by atoms with Crippen molar-refractivity contribution in [2.75, 3.05) is 13.1 Å². The summed E-state index contributed by atoms with van der Waals surface area (Å²) in [7, 11) is 0. The number of Topliss-reactive ketones (excluding diaryl/α,β-unsaturated/α-hetero) is 1. The van der Waals surface area contributed by atoms with Gasteiger partial charge < -0.3 is 0 Å². The molecule has 0 N–H and O–H groups in total. The Hall–Kier alpha value is -0.630. The van der Waals surface area contributed by atoms with Crippen molar-refractivity contribution in [2.45, 2.75) is 32.2 Å². The van der Waals surface area contributed by atoms with Gasteiger partial charge in [-0.25, -0.2) is 0 Å². The van der Waals surface area contributed by atoms with Crippen LogP contribution >= 0.6 is 0 Å². The Labute approximate surface area is 74.2 Å². The lowest BCUT2D eigenvalue weighted by Crippen LogP contribution is -2.50. The second-order valence-corrected chi connectivity index (χ2v) is 4.02. The van der Waals surface area contributed by atoms with Gasteiger partial charge in [0.25, 0.3) is 0 Å². The molecule has 1 rings (SSSR count). The number of piperidine rings is 1. The standard InChI is InChI=1S/C10H17NO/c1-4-7-11-8-9(12)5-6-10(11,2)3/h4H,1,5-8H2,2-3H3. The van der Waals surface area contributed by atoms with Crippen LogP contribution in [-0.2, 0) is 4.79 Å². The Bertz CT molecular complexity index is 196. The largest absolute Gasteiger partial charge is 0.298 e. The van der Waals surface area contributed by atoms with Crippen molar-refractivity contribution in [2.24, 2.45) is 0 Å². The van der Waals surface area contributed by atoms with E-state index in [-0.39, 0.29) is 5.54 Å². The molecule has 68 valence electrons. The van der Waals surface area contributed by atoms with Crippen molar-refractivity contribution in [1.29, 1.82) is 0 Å². The SMILES string of the molecule is C=CCN1CC(=O)CCC1(C)C. The summed E-state index contributed by atoms with van der Waals surface area (Å²) in [4.78, 5) is 13.3. The molecule has 12 heavy (non-hydrogen) atoms. The average molecular weight is 167 g/mol. The van der Waals surface area contributed by atoms with E-state index in [4.69, 9.17) is 0 Å². The van der Waals surface area contributed by atoms with Gasteiger partial charge in [-0.1, -0.05) is 6.08 Å². The van der Waals surface area contributed by atoms with E-state index >= 15 is 0 Å². The van der Waals surface area contributed by atoms with Crippen LogP contribution in [0.25, 0.3) is 0 Å². The van der Waals surface area contributed by atoms with Gasteiger partial charge in [-0.2, -0.15) is 0 Å². The molecular formula is C10H17NO. The van der Waals surface area contributed by atoms with Crippen LogP contribution in [0.4, 0.5) is 0 Å². The molecule has 1 saturated heterocycles. The molecule has 1 aliphatic heterocycles. The fourth-order valence-electron chi connectivity index (χ4n) is 1.58. The summed E-state index contributed by atoms with van der Waals surface area (Å²) < 4.78 is 0. The molecule has 0 bridgehead atoms. The number of nitrogens with zero attached hydrogens (tertiary/aromatic N) is 1. The van der Waals surface area contributed by atoms with E-state index in [2.05, 4.69) is 25.3 Å². The number of hydrogen-bond acceptors (Lipinski definition) is 2. The summed E-state index contributed by atoms with van der Waals surface area (Å²) in [6, 6.07) is 0. The lowest BCUT2D eigenvalue weighted by atomic mass is 9.90. The van der Waals surface area contributed by atoms with Crippen molar-refractivity contribution in [3.8, 4) is 0 Å². The Morgan fingerprint density at radius 3 is 2.92 bits per heavy atom. The fraction of sp³-hybridized carbons (Fsp3) is 0.700. The van der Waals surface area contributed by atoms with Gasteiger partial charge >= 0.3 is 0 Å². The predicted octanol–water partition coefficient (Wildman–Crippen LogP) is 1.62. The molecule has 0 aliphatic carbocycles. The van der Waals surface area contributed by atoms with E-state index < -0.39 is 0 Å². The maximum atomic E-state index is 11.2. The normalized spacial score (nSPS) is 24.0. The molecule has 0 aromatic rings. The zero-order valence-electron chi connectivity index (χ0n) is 7.97. The van der Waals surface area contributed by atoms with Crippen LogP contribution in [0.3, 0.4) is 0 Å². The molecule has 2 nitrogen and oxygen atoms in total. The molecule has 0 spiro atoms. The van der Waals surface area contributed by atoms with Crippen molar-refractivity contribution in [3.05, 3.63) is 12.7 Å². The lowest BCUT2D eigenvalue weighted by molar-refractivity contribution is -0.125. The van der Waals surface area contributed by atoms with Gasteiger partial charge in [0.05, 0.1) is 6.54 Å². The van der Waals surface area contributed by atoms with Gasteiger partial charge in [0, 0.05) is 18.5 Å². The number of hydrogen-bond donors (Lipinski definition) is 0. The van der Waals surface area contributed by atoms with Crippen LogP contribution in [0.1, 0.15) is 26.7 Å². The van der Waals surface area contributed by atoms with Gasteiger partial charge in [0.1, 0.15) is 5.78 Å². The van der Waals surface area contributed by atoms with Gasteiger partial charge in [-0.15, -0.1) is 6.58 Å². The molecule has 1 aliphatic rings. The Kier molecular flexibility index (Phi) is 2.68. The van der Waals surface area contributed by atoms with Crippen molar-refractivity contribution in [3.63, 3.8) is 0 Å². The van der Waals surface area contributed by atoms with Crippen molar-refractivity contribution >= 4 is 5.78 Å². The second kappa shape index (κ2) is 3.40. The van der Waals surface area contributed by atoms with E-state index in [1.807, 2.05) is 6.08 Å². The first-order chi connectivity index (χ1) is 5.56. The highest BCUT2D eigenvalue weighted by molar-refractivity contribution is 5.81. The van der Waals surface area contributed by atoms with Gasteiger partial charge in [0.15, 0.2) is 0 Å². The van der Waals surface area contributed by atoms with E-state index in [0.717, 1.165) is 19.4 Å². The maximum Gasteiger partial charge on any atom is 0.146 e. The molecule has 0 aromatic heterocycles. The predicted molar refractivity (Wildman–Crippen MR) is 50.1 cm³/mol. The third kappa shape index (κ3) is 1.95. The summed E-state index contributed by atoms with van der Waals surface area (Å²) in [6.45, 7) is 9.47. The Morgan fingerprint density at radius 2 is 2.33 bits per heavy atom. The summed E-state index contributed by atoms with van der Waals surface area (Å²) in [5.41, 5.74) is 0.169. The summed E-state index contributed by atoms with van der Waals surface area (Å²) >= 11 is 0. The van der Waals surface area contributed by atoms with Gasteiger partial charge in [-0.3, -0.25) is 9.69 Å². The molecule has 0 amide bonds. The van der Waals surface area contributed by atoms with Crippen LogP contribution in [-0.4, -0.2) is 29.3 Å². The van der Waals surface area contributed by atoms with Crippen LogP contribution < -0.4 is 0 Å². The lowest BCUT2D eigenvalue weighted by Gasteiger charge is -2.41. The fourth-order valence-corrected chi connectivity index (χ4v) is 1.58. The average Bonchev–Trinajstić information content (AvgIpc) is 1.98. The van der Waals surface area contributed by atoms with E-state index in [0.29, 0.717) is 12.3 Å². The number of rotatable bonds is 2. The Balaban J connectivity index is 2.64. The molecule has 0 radical (unpaired) electrons. The minimum Gasteiger partial charge on any atom is -0.298 e. The molecule has 1 heterocycles. The molecule has 1 fully saturated rings. The van der Waals surface area contributed by atoms with Crippen LogP contribution in [0.15, 0.2) is 12.7 Å². The highest BCUT2D eigenvalue weighted by Crippen LogP contribution is 2.25. The minimum absolute atomic E-state index is 0.169. The zero-order valence-corrected chi connectivity index (χ0v) is 7.97. The summed E-state index contributed by atoms with van der Waals surface area (Å²) in [5, 5.41) is 0. The number of carbonyl (C=O) groups excluding carboxylic acids is 1. The molecule has 0 aromatic carbocycles. The maximum absolute atomic E-state index is 11.2.